The molecule has 0 aliphatic rings. The van der Waals surface area contributed by atoms with Gasteiger partial charge in [-0.25, -0.2) is 4.98 Å². The van der Waals surface area contributed by atoms with E-state index in [0.717, 1.165) is 18.2 Å². The molecule has 2 amide bonds. The highest BCUT2D eigenvalue weighted by Gasteiger charge is 2.30. The van der Waals surface area contributed by atoms with Crippen LogP contribution in [0.5, 0.6) is 11.5 Å². The summed E-state index contributed by atoms with van der Waals surface area (Å²) in [5.74, 6) is -1.08. The number of rotatable bonds is 7. The van der Waals surface area contributed by atoms with Crippen LogP contribution in [-0.2, 0) is 15.8 Å². The summed E-state index contributed by atoms with van der Waals surface area (Å²) in [5, 5.41) is 4.98. The van der Waals surface area contributed by atoms with Crippen molar-refractivity contribution in [3.8, 4) is 11.5 Å². The quantitative estimate of drug-likeness (QED) is 0.150. The molecule has 2 aromatic carbocycles. The summed E-state index contributed by atoms with van der Waals surface area (Å²) in [5.41, 5.74) is -0.873. The van der Waals surface area contributed by atoms with Gasteiger partial charge in [-0.2, -0.15) is 13.2 Å². The van der Waals surface area contributed by atoms with E-state index in [1.54, 1.807) is 6.07 Å². The van der Waals surface area contributed by atoms with Crippen molar-refractivity contribution in [3.05, 3.63) is 81.1 Å². The van der Waals surface area contributed by atoms with E-state index in [1.165, 1.54) is 50.8 Å². The first-order chi connectivity index (χ1) is 17.0. The van der Waals surface area contributed by atoms with Crippen LogP contribution in [-0.4, -0.2) is 31.0 Å². The molecule has 0 atom stereocenters. The number of nitrogens with one attached hydrogen (secondary N) is 2. The van der Waals surface area contributed by atoms with Crippen LogP contribution in [0.15, 0.2) is 64.8 Å². The number of nitrogens with zero attached hydrogens (tertiary/aromatic N) is 1. The van der Waals surface area contributed by atoms with E-state index in [-0.39, 0.29) is 16.5 Å². The van der Waals surface area contributed by atoms with Crippen LogP contribution >= 0.6 is 27.5 Å². The zero-order chi connectivity index (χ0) is 26.5. The number of methoxy groups -OCH3 is 2. The fraction of sp³-hybridized carbons (Fsp3) is 0.125. The number of alkyl halides is 3. The van der Waals surface area contributed by atoms with Crippen molar-refractivity contribution >= 4 is 56.8 Å². The summed E-state index contributed by atoms with van der Waals surface area (Å²) in [4.78, 5) is 30.0. The predicted molar refractivity (Wildman–Crippen MR) is 133 cm³/mol. The Morgan fingerprint density at radius 2 is 1.67 bits per heavy atom. The van der Waals surface area contributed by atoms with E-state index in [0.29, 0.717) is 21.5 Å². The highest BCUT2D eigenvalue weighted by atomic mass is 79.9. The maximum atomic E-state index is 13.1. The summed E-state index contributed by atoms with van der Waals surface area (Å²) < 4.78 is 50.3. The number of benzene rings is 2. The first-order valence-corrected chi connectivity index (χ1v) is 11.2. The van der Waals surface area contributed by atoms with Gasteiger partial charge in [0, 0.05) is 17.6 Å². The maximum Gasteiger partial charge on any atom is 0.416 e. The largest absolute Gasteiger partial charge is 0.493 e. The molecular weight excluding hydrogens is 567 g/mol. The molecule has 0 radical (unpaired) electrons. The smallest absolute Gasteiger partial charge is 0.416 e. The normalized spacial score (nSPS) is 11.6. The van der Waals surface area contributed by atoms with E-state index in [1.807, 2.05) is 0 Å². The number of carbonyl (C=O) groups excluding carboxylic acids is 2. The van der Waals surface area contributed by atoms with E-state index in [2.05, 4.69) is 31.5 Å². The standard InChI is InChI=1S/C24H18BrClF3N3O4/c1-35-19-10-13(9-18(25)21(19)36-2)8-17(23(34)32-16-6-7-30-20(26)12-16)22(33)31-15-5-3-4-14(11-15)24(27,28)29/h3-12H,1-2H3,(H,31,33)(H,30,32,34). The van der Waals surface area contributed by atoms with Gasteiger partial charge in [0.05, 0.1) is 24.3 Å². The monoisotopic (exact) mass is 583 g/mol. The van der Waals surface area contributed by atoms with E-state index in [9.17, 15) is 22.8 Å². The van der Waals surface area contributed by atoms with Gasteiger partial charge >= 0.3 is 6.18 Å². The molecule has 0 aliphatic carbocycles. The fourth-order valence-corrected chi connectivity index (χ4v) is 3.87. The number of pyridine rings is 1. The summed E-state index contributed by atoms with van der Waals surface area (Å²) in [6, 6.07) is 9.99. The number of hydrogen-bond acceptors (Lipinski definition) is 5. The number of ether oxygens (including phenoxy) is 2. The van der Waals surface area contributed by atoms with Crippen LogP contribution in [0.4, 0.5) is 24.5 Å². The third kappa shape index (κ3) is 6.76. The maximum absolute atomic E-state index is 13.1. The van der Waals surface area contributed by atoms with Gasteiger partial charge in [-0.1, -0.05) is 17.7 Å². The minimum absolute atomic E-state index is 0.107. The molecule has 12 heteroatoms. The van der Waals surface area contributed by atoms with Gasteiger partial charge in [0.1, 0.15) is 10.7 Å². The lowest BCUT2D eigenvalue weighted by atomic mass is 10.1. The summed E-state index contributed by atoms with van der Waals surface area (Å²) >= 11 is 9.20. The zero-order valence-electron chi connectivity index (χ0n) is 18.7. The van der Waals surface area contributed by atoms with Gasteiger partial charge in [0.2, 0.25) is 0 Å². The van der Waals surface area contributed by atoms with Gasteiger partial charge in [-0.3, -0.25) is 9.59 Å². The highest BCUT2D eigenvalue weighted by Crippen LogP contribution is 2.37. The predicted octanol–water partition coefficient (Wildman–Crippen LogP) is 6.19. The first-order valence-electron chi connectivity index (χ1n) is 10.1. The number of aromatic nitrogens is 1. The highest BCUT2D eigenvalue weighted by molar-refractivity contribution is 9.10. The summed E-state index contributed by atoms with van der Waals surface area (Å²) in [6.45, 7) is 0. The Morgan fingerprint density at radius 1 is 1.00 bits per heavy atom. The van der Waals surface area contributed by atoms with Crippen molar-refractivity contribution < 1.29 is 32.2 Å². The van der Waals surface area contributed by atoms with Gasteiger partial charge in [0.15, 0.2) is 11.5 Å². The third-order valence-corrected chi connectivity index (χ3v) is 5.48. The minimum atomic E-state index is -4.61. The van der Waals surface area contributed by atoms with Gasteiger partial charge in [-0.05, 0) is 70.0 Å². The van der Waals surface area contributed by atoms with E-state index in [4.69, 9.17) is 21.1 Å². The van der Waals surface area contributed by atoms with Crippen molar-refractivity contribution in [2.75, 3.05) is 24.9 Å². The van der Waals surface area contributed by atoms with Crippen molar-refractivity contribution in [2.24, 2.45) is 0 Å². The Bertz CT molecular complexity index is 1330. The van der Waals surface area contributed by atoms with Crippen molar-refractivity contribution in [1.29, 1.82) is 0 Å². The SMILES string of the molecule is COc1cc(C=C(C(=O)Nc2cccc(C(F)(F)F)c2)C(=O)Nc2ccnc(Cl)c2)cc(Br)c1OC. The Morgan fingerprint density at radius 3 is 2.25 bits per heavy atom. The molecule has 0 saturated carbocycles. The number of halogens is 5. The second kappa shape index (κ2) is 11.4. The molecular formula is C24H18BrClF3N3O4. The average molecular weight is 585 g/mol. The molecule has 0 bridgehead atoms. The van der Waals surface area contributed by atoms with Gasteiger partial charge < -0.3 is 20.1 Å². The molecule has 3 aromatic rings. The molecule has 0 spiro atoms. The lowest BCUT2D eigenvalue weighted by Crippen LogP contribution is -2.25. The summed E-state index contributed by atoms with van der Waals surface area (Å²) in [6.07, 6.45) is -1.99. The fourth-order valence-electron chi connectivity index (χ4n) is 3.07. The molecule has 36 heavy (non-hydrogen) atoms. The first kappa shape index (κ1) is 27.0. The molecule has 0 aliphatic heterocycles. The second-order valence-corrected chi connectivity index (χ2v) is 8.39. The molecule has 1 aromatic heterocycles. The molecule has 0 fully saturated rings. The van der Waals surface area contributed by atoms with Crippen molar-refractivity contribution in [1.82, 2.24) is 4.98 Å². The topological polar surface area (TPSA) is 89.5 Å². The Hall–Kier alpha value is -3.57. The third-order valence-electron chi connectivity index (χ3n) is 4.69. The Balaban J connectivity index is 2.02. The van der Waals surface area contributed by atoms with Crippen LogP contribution in [0.2, 0.25) is 5.15 Å². The van der Waals surface area contributed by atoms with E-state index < -0.39 is 29.1 Å². The lowest BCUT2D eigenvalue weighted by molar-refractivity contribution is -0.137. The molecule has 1 heterocycles. The van der Waals surface area contributed by atoms with Crippen molar-refractivity contribution in [3.63, 3.8) is 0 Å². The number of anilines is 2. The molecule has 188 valence electrons. The van der Waals surface area contributed by atoms with Crippen molar-refractivity contribution in [2.45, 2.75) is 6.18 Å². The van der Waals surface area contributed by atoms with Crippen LogP contribution in [0.1, 0.15) is 11.1 Å². The number of hydrogen-bond donors (Lipinski definition) is 2. The van der Waals surface area contributed by atoms with Crippen LogP contribution < -0.4 is 20.1 Å². The van der Waals surface area contributed by atoms with Gasteiger partial charge in [-0.15, -0.1) is 0 Å². The van der Waals surface area contributed by atoms with Gasteiger partial charge in [0.25, 0.3) is 11.8 Å². The lowest BCUT2D eigenvalue weighted by Gasteiger charge is -2.13. The average Bonchev–Trinajstić information content (AvgIpc) is 2.81. The number of carbonyl (C=O) groups is 2. The second-order valence-electron chi connectivity index (χ2n) is 7.15. The number of amides is 2. The Labute approximate surface area is 217 Å². The Kier molecular flexibility index (Phi) is 8.59. The van der Waals surface area contributed by atoms with E-state index >= 15 is 0 Å². The molecule has 2 N–H and O–H groups in total. The molecule has 3 rings (SSSR count). The van der Waals surface area contributed by atoms with Crippen LogP contribution in [0, 0.1) is 0 Å². The zero-order valence-corrected chi connectivity index (χ0v) is 21.1. The molecule has 0 unspecified atom stereocenters. The minimum Gasteiger partial charge on any atom is -0.493 e. The van der Waals surface area contributed by atoms with Crippen LogP contribution in [0.25, 0.3) is 6.08 Å². The molecule has 0 saturated heterocycles. The summed E-state index contributed by atoms with van der Waals surface area (Å²) in [7, 11) is 2.86. The molecule has 7 nitrogen and oxygen atoms in total. The van der Waals surface area contributed by atoms with Crippen LogP contribution in [0.3, 0.4) is 0 Å².